The topological polar surface area (TPSA) is 279 Å². The van der Waals surface area contributed by atoms with Gasteiger partial charge in [0.15, 0.2) is 0 Å². The Morgan fingerprint density at radius 2 is 0.882 bits per heavy atom. The van der Waals surface area contributed by atoms with Crippen molar-refractivity contribution < 1.29 is 74.3 Å². The minimum Gasteiger partial charge on any atom is -0.736 e. The number of phosphoric ester groups is 1. The molecule has 0 aliphatic heterocycles. The molecular weight excluding hydrogens is 766 g/mol. The molecule has 3 aromatic heterocycles. The molecule has 2 aromatic carbocycles. The predicted octanol–water partition coefficient (Wildman–Crippen LogP) is 0.745. The van der Waals surface area contributed by atoms with Gasteiger partial charge < -0.3 is 13.9 Å². The number of hydrogen-bond acceptors (Lipinski definition) is 16. The second kappa shape index (κ2) is 20.7. The number of nitro groups is 2. The second-order valence-corrected chi connectivity index (χ2v) is 11.6. The molecule has 0 spiro atoms. The predicted molar refractivity (Wildman–Crippen MR) is 161 cm³/mol. The van der Waals surface area contributed by atoms with Crippen LogP contribution in [0.15, 0.2) is 122 Å². The summed E-state index contributed by atoms with van der Waals surface area (Å²) in [7, 11) is -9.75. The fourth-order valence-electron chi connectivity index (χ4n) is 3.86. The third kappa shape index (κ3) is 17.5. The summed E-state index contributed by atoms with van der Waals surface area (Å²) in [4.78, 5) is 47.0. The smallest absolute Gasteiger partial charge is 0.736 e. The molecular formula is C30H26ClCuN6O12P. The minimum atomic E-state index is -4.94. The molecule has 3 heterocycles. The van der Waals surface area contributed by atoms with Crippen LogP contribution in [-0.4, -0.2) is 29.7 Å². The molecule has 0 amide bonds. The van der Waals surface area contributed by atoms with Crippen LogP contribution >= 0.6 is 7.82 Å². The van der Waals surface area contributed by atoms with Gasteiger partial charge in [-0.1, -0.05) is 18.2 Å². The number of hydrogen-bond donors (Lipinski definition) is 0. The molecule has 0 N–H and O–H groups in total. The van der Waals surface area contributed by atoms with Gasteiger partial charge in [-0.2, -0.15) is 0 Å². The number of halogens is 1. The molecule has 0 aliphatic carbocycles. The maximum atomic E-state index is 11.7. The zero-order chi connectivity index (χ0) is 36.6. The second-order valence-electron chi connectivity index (χ2n) is 9.62. The van der Waals surface area contributed by atoms with Crippen LogP contribution in [0.5, 0.6) is 11.5 Å². The Bertz CT molecular complexity index is 1660. The molecule has 0 unspecified atom stereocenters. The Balaban J connectivity index is 0.000000307. The van der Waals surface area contributed by atoms with Gasteiger partial charge in [0.25, 0.3) is 11.4 Å². The first-order valence-electron chi connectivity index (χ1n) is 13.9. The molecule has 5 rings (SSSR count). The van der Waals surface area contributed by atoms with Crippen molar-refractivity contribution >= 4 is 19.2 Å². The maximum Gasteiger partial charge on any atom is 2.00 e. The fraction of sp³-hybridized carbons (Fsp3) is 0.100. The average Bonchev–Trinajstić information content (AvgIpc) is 3.06. The van der Waals surface area contributed by atoms with Crippen LogP contribution in [0.4, 0.5) is 11.4 Å². The van der Waals surface area contributed by atoms with Crippen molar-refractivity contribution in [1.82, 2.24) is 19.9 Å². The van der Waals surface area contributed by atoms with E-state index in [0.29, 0.717) is 0 Å². The third-order valence-electron chi connectivity index (χ3n) is 5.86. The Hall–Kier alpha value is -4.91. The van der Waals surface area contributed by atoms with Crippen molar-refractivity contribution in [2.75, 3.05) is 0 Å². The SMILES string of the molecule is O=[N+]([O-])c1ccc(OP(=O)([O-])Oc2ccc([N+](=O)[O-])cc2)cc1.[Cu+2].[O-][Cl+3]([O-])([O-])[O-].c1ccc(CN(Cc2ccccn2)Cc2ccccn2)nc1. The fourth-order valence-corrected chi connectivity index (χ4v) is 4.66. The van der Waals surface area contributed by atoms with E-state index in [2.05, 4.69) is 28.9 Å². The van der Waals surface area contributed by atoms with Crippen molar-refractivity contribution in [1.29, 1.82) is 0 Å². The first kappa shape index (κ1) is 42.3. The summed E-state index contributed by atoms with van der Waals surface area (Å²) < 4.78 is 55.0. The van der Waals surface area contributed by atoms with Gasteiger partial charge in [-0.3, -0.25) is 40.1 Å². The molecule has 1 radical (unpaired) electrons. The van der Waals surface area contributed by atoms with E-state index >= 15 is 0 Å². The molecule has 21 heteroatoms. The van der Waals surface area contributed by atoms with Crippen LogP contribution in [0.25, 0.3) is 0 Å². The van der Waals surface area contributed by atoms with Gasteiger partial charge in [-0.15, -0.1) is 10.2 Å². The van der Waals surface area contributed by atoms with Crippen molar-refractivity contribution in [3.8, 4) is 11.5 Å². The largest absolute Gasteiger partial charge is 2.00 e. The minimum absolute atomic E-state index is 0. The first-order valence-corrected chi connectivity index (χ1v) is 16.6. The van der Waals surface area contributed by atoms with Crippen LogP contribution < -0.4 is 32.6 Å². The molecule has 0 atom stereocenters. The summed E-state index contributed by atoms with van der Waals surface area (Å²) in [6, 6.07) is 26.7. The number of phosphoric acid groups is 1. The van der Waals surface area contributed by atoms with Crippen LogP contribution in [0.3, 0.4) is 0 Å². The Labute approximate surface area is 302 Å². The van der Waals surface area contributed by atoms with E-state index in [0.717, 1.165) is 85.2 Å². The average molecular weight is 793 g/mol. The monoisotopic (exact) mass is 791 g/mol. The standard InChI is InChI=1S/C18H18N4.C12H9N2O8P.ClHO4.Cu/c1-4-10-19-16(7-1)13-22(14-17-8-2-5-11-20-17)15-18-9-3-6-12-21-18;15-13(16)9-1-5-11(6-2-9)21-23(19,20)22-12-7-3-10(4-8-12)14(17)18;2-1(3,4)5;/h1-12H,13-15H2;1-8H,(H,19,20);(H,2,3,4,5);/q;;;+2/p-2. The molecule has 0 saturated heterocycles. The molecule has 0 bridgehead atoms. The van der Waals surface area contributed by atoms with Crippen molar-refractivity contribution in [2.24, 2.45) is 0 Å². The van der Waals surface area contributed by atoms with Gasteiger partial charge in [0.05, 0.1) is 26.9 Å². The summed E-state index contributed by atoms with van der Waals surface area (Å²) in [5.41, 5.74) is 2.70. The van der Waals surface area contributed by atoms with Gasteiger partial charge in [0.2, 0.25) is 0 Å². The number of rotatable bonds is 12. The quantitative estimate of drug-likeness (QED) is 0.0729. The first-order chi connectivity index (χ1) is 23.7. The number of aromatic nitrogens is 3. The summed E-state index contributed by atoms with van der Waals surface area (Å²) in [6.45, 7) is 2.32. The van der Waals surface area contributed by atoms with Crippen LogP contribution in [0.2, 0.25) is 0 Å². The van der Waals surface area contributed by atoms with Crippen molar-refractivity contribution in [2.45, 2.75) is 19.6 Å². The van der Waals surface area contributed by atoms with E-state index in [1.807, 2.05) is 73.2 Å². The van der Waals surface area contributed by atoms with E-state index in [1.54, 1.807) is 0 Å². The van der Waals surface area contributed by atoms with E-state index in [1.165, 1.54) is 0 Å². The third-order valence-corrected chi connectivity index (χ3v) is 6.73. The maximum absolute atomic E-state index is 11.7. The number of pyridine rings is 3. The molecule has 0 fully saturated rings. The molecule has 0 saturated carbocycles. The summed E-state index contributed by atoms with van der Waals surface area (Å²) in [5.74, 6) is -0.341. The van der Waals surface area contributed by atoms with Crippen molar-refractivity contribution in [3.63, 3.8) is 0 Å². The normalized spacial score (nSPS) is 10.7. The van der Waals surface area contributed by atoms with Gasteiger partial charge in [0, 0.05) is 62.5 Å². The molecule has 5 aromatic rings. The van der Waals surface area contributed by atoms with Crippen LogP contribution in [0.1, 0.15) is 17.1 Å². The molecule has 18 nitrogen and oxygen atoms in total. The van der Waals surface area contributed by atoms with Gasteiger partial charge in [-0.05, 0) is 60.7 Å². The number of non-ortho nitro benzene ring substituents is 2. The summed E-state index contributed by atoms with van der Waals surface area (Å²) in [5, 5.41) is 21.0. The molecule has 51 heavy (non-hydrogen) atoms. The van der Waals surface area contributed by atoms with Gasteiger partial charge in [0.1, 0.15) is 11.5 Å². The van der Waals surface area contributed by atoms with Crippen molar-refractivity contribution in [3.05, 3.63) is 159 Å². The summed E-state index contributed by atoms with van der Waals surface area (Å²) in [6.07, 6.45) is 5.49. The van der Waals surface area contributed by atoms with Gasteiger partial charge in [-0.25, -0.2) is 23.2 Å². The van der Waals surface area contributed by atoms with E-state index in [-0.39, 0.29) is 39.9 Å². The van der Waals surface area contributed by atoms with Crippen LogP contribution in [-0.2, 0) is 41.3 Å². The number of benzene rings is 2. The summed E-state index contributed by atoms with van der Waals surface area (Å²) >= 11 is 0. The zero-order valence-corrected chi connectivity index (χ0v) is 28.5. The zero-order valence-electron chi connectivity index (χ0n) is 25.9. The Kier molecular flexibility index (Phi) is 17.1. The van der Waals surface area contributed by atoms with Crippen LogP contribution in [0, 0.1) is 30.5 Å². The van der Waals surface area contributed by atoms with E-state index in [9.17, 15) is 29.7 Å². The molecule has 271 valence electrons. The Morgan fingerprint density at radius 3 is 1.12 bits per heavy atom. The number of nitrogens with zero attached hydrogens (tertiary/aromatic N) is 6. The van der Waals surface area contributed by atoms with E-state index in [4.69, 9.17) is 18.6 Å². The van der Waals surface area contributed by atoms with E-state index < -0.39 is 27.9 Å². The van der Waals surface area contributed by atoms with Gasteiger partial charge >= 0.3 is 24.9 Å². The number of nitro benzene ring substituents is 2. The molecule has 0 aliphatic rings. The Morgan fingerprint density at radius 1 is 0.588 bits per heavy atom.